The number of nitrogens with zero attached hydrogens (tertiary/aromatic N) is 1. The second kappa shape index (κ2) is 8.31. The molecule has 7 atom stereocenters. The molecule has 0 amide bonds. The van der Waals surface area contributed by atoms with Gasteiger partial charge in [0.05, 0.1) is 26.2 Å². The summed E-state index contributed by atoms with van der Waals surface area (Å²) in [6.07, 6.45) is 5.29. The van der Waals surface area contributed by atoms with Gasteiger partial charge in [0, 0.05) is 36.9 Å². The molecule has 0 spiro atoms. The van der Waals surface area contributed by atoms with E-state index in [4.69, 9.17) is 14.2 Å². The van der Waals surface area contributed by atoms with Crippen LogP contribution in [0.3, 0.4) is 0 Å². The third-order valence-corrected chi connectivity index (χ3v) is 9.31. The highest BCUT2D eigenvalue weighted by Gasteiger charge is 2.60. The topological polar surface area (TPSA) is 68.2 Å². The van der Waals surface area contributed by atoms with Gasteiger partial charge >= 0.3 is 5.97 Å². The summed E-state index contributed by atoms with van der Waals surface area (Å²) >= 11 is 0. The van der Waals surface area contributed by atoms with Crippen LogP contribution in [0.5, 0.6) is 11.5 Å². The van der Waals surface area contributed by atoms with E-state index in [0.717, 1.165) is 43.7 Å². The van der Waals surface area contributed by atoms with Gasteiger partial charge in [-0.2, -0.15) is 0 Å². The van der Waals surface area contributed by atoms with Crippen molar-refractivity contribution in [3.05, 3.63) is 34.9 Å². The minimum Gasteiger partial charge on any atom is -0.493 e. The lowest BCUT2D eigenvalue weighted by Gasteiger charge is -2.52. The first kappa shape index (κ1) is 22.7. The minimum absolute atomic E-state index is 0.140. The maximum Gasteiger partial charge on any atom is 0.311 e. The van der Waals surface area contributed by atoms with E-state index in [2.05, 4.69) is 43.9 Å². The van der Waals surface area contributed by atoms with Gasteiger partial charge in [0.15, 0.2) is 11.5 Å². The number of aliphatic hydroxyl groups excluding tert-OH is 1. The van der Waals surface area contributed by atoms with E-state index in [-0.39, 0.29) is 35.4 Å². The predicted octanol–water partition coefficient (Wildman–Crippen LogP) is 3.91. The van der Waals surface area contributed by atoms with E-state index >= 15 is 0 Å². The molecule has 180 valence electrons. The van der Waals surface area contributed by atoms with Crippen LogP contribution in [-0.4, -0.2) is 55.5 Å². The zero-order valence-corrected chi connectivity index (χ0v) is 20.5. The van der Waals surface area contributed by atoms with E-state index in [1.807, 2.05) is 0 Å². The van der Waals surface area contributed by atoms with Gasteiger partial charge < -0.3 is 19.3 Å². The van der Waals surface area contributed by atoms with Crippen molar-refractivity contribution >= 4 is 5.97 Å². The first-order valence-electron chi connectivity index (χ1n) is 12.4. The zero-order valence-electron chi connectivity index (χ0n) is 20.5. The number of benzene rings is 1. The summed E-state index contributed by atoms with van der Waals surface area (Å²) in [7, 11) is 3.32. The molecule has 1 saturated heterocycles. The van der Waals surface area contributed by atoms with E-state index in [1.54, 1.807) is 14.2 Å². The molecule has 1 aromatic rings. The standard InChI is InChI=1S/C27H37NO5/c1-15-7-6-8-18-12-23-24(25(29)27(15,18)3)20(26(30)33-23)14-28-10-9-17-11-21(31-4)22(32-5)13-19(17)16(28)2/h8,11,13,15-16,20,23-25,29H,6-7,9-10,12,14H2,1-5H3/t15-,16+,20+,23-,24-,25-,27-/m1/s1. The van der Waals surface area contributed by atoms with Crippen LogP contribution in [0.4, 0.5) is 0 Å². The summed E-state index contributed by atoms with van der Waals surface area (Å²) in [4.78, 5) is 15.4. The molecule has 0 radical (unpaired) electrons. The number of esters is 1. The Bertz CT molecular complexity index is 974. The number of carbonyl (C=O) groups is 1. The van der Waals surface area contributed by atoms with Gasteiger partial charge in [-0.3, -0.25) is 9.69 Å². The summed E-state index contributed by atoms with van der Waals surface area (Å²) in [5.41, 5.74) is 3.49. The second-order valence-electron chi connectivity index (χ2n) is 10.6. The van der Waals surface area contributed by atoms with Crippen LogP contribution in [0.2, 0.25) is 0 Å². The van der Waals surface area contributed by atoms with Crippen molar-refractivity contribution in [3.8, 4) is 11.5 Å². The van der Waals surface area contributed by atoms with E-state index < -0.39 is 6.10 Å². The molecule has 2 fully saturated rings. The van der Waals surface area contributed by atoms with Gasteiger partial charge in [-0.15, -0.1) is 0 Å². The maximum atomic E-state index is 13.1. The number of methoxy groups -OCH3 is 2. The van der Waals surface area contributed by atoms with E-state index in [1.165, 1.54) is 16.7 Å². The molecule has 1 saturated carbocycles. The fraction of sp³-hybridized carbons (Fsp3) is 0.667. The average Bonchev–Trinajstić information content (AvgIpc) is 3.11. The largest absolute Gasteiger partial charge is 0.493 e. The minimum atomic E-state index is -0.564. The quantitative estimate of drug-likeness (QED) is 0.549. The number of hydrogen-bond donors (Lipinski definition) is 1. The highest BCUT2D eigenvalue weighted by molar-refractivity contribution is 5.76. The van der Waals surface area contributed by atoms with Gasteiger partial charge in [-0.05, 0) is 55.4 Å². The molecule has 0 aromatic heterocycles. The molecule has 0 unspecified atom stereocenters. The normalized spacial score (nSPS) is 38.0. The fourth-order valence-electron chi connectivity index (χ4n) is 6.97. The average molecular weight is 456 g/mol. The fourth-order valence-corrected chi connectivity index (χ4v) is 6.97. The molecule has 6 nitrogen and oxygen atoms in total. The van der Waals surface area contributed by atoms with Gasteiger partial charge in [0.25, 0.3) is 0 Å². The van der Waals surface area contributed by atoms with Gasteiger partial charge in [0.2, 0.25) is 0 Å². The van der Waals surface area contributed by atoms with Gasteiger partial charge in [-0.25, -0.2) is 0 Å². The first-order valence-corrected chi connectivity index (χ1v) is 12.4. The number of rotatable bonds is 4. The highest BCUT2D eigenvalue weighted by Crippen LogP contribution is 2.56. The van der Waals surface area contributed by atoms with Crippen molar-refractivity contribution in [1.29, 1.82) is 0 Å². The van der Waals surface area contributed by atoms with Crippen molar-refractivity contribution in [2.45, 2.75) is 64.7 Å². The van der Waals surface area contributed by atoms with Crippen molar-refractivity contribution in [2.75, 3.05) is 27.3 Å². The molecule has 0 bridgehead atoms. The number of aliphatic hydroxyl groups is 1. The Morgan fingerprint density at radius 1 is 1.21 bits per heavy atom. The molecule has 2 aliphatic heterocycles. The molecule has 6 heteroatoms. The number of hydrogen-bond acceptors (Lipinski definition) is 6. The summed E-state index contributed by atoms with van der Waals surface area (Å²) in [5.74, 6) is 1.27. The third kappa shape index (κ3) is 3.40. The maximum absolute atomic E-state index is 13.1. The van der Waals surface area contributed by atoms with Crippen molar-refractivity contribution in [2.24, 2.45) is 23.2 Å². The smallest absolute Gasteiger partial charge is 0.311 e. The molecule has 1 N–H and O–H groups in total. The zero-order chi connectivity index (χ0) is 23.5. The van der Waals surface area contributed by atoms with Crippen LogP contribution in [0.25, 0.3) is 0 Å². The molecule has 1 aromatic carbocycles. The van der Waals surface area contributed by atoms with Crippen molar-refractivity contribution in [1.82, 2.24) is 4.90 Å². The molecular weight excluding hydrogens is 418 g/mol. The first-order chi connectivity index (χ1) is 15.8. The van der Waals surface area contributed by atoms with Crippen LogP contribution in [0.1, 0.15) is 57.2 Å². The predicted molar refractivity (Wildman–Crippen MR) is 125 cm³/mol. The van der Waals surface area contributed by atoms with E-state index in [0.29, 0.717) is 12.5 Å². The molecule has 33 heavy (non-hydrogen) atoms. The second-order valence-corrected chi connectivity index (χ2v) is 10.6. The van der Waals surface area contributed by atoms with Crippen LogP contribution >= 0.6 is 0 Å². The lowest BCUT2D eigenvalue weighted by Crippen LogP contribution is -2.55. The van der Waals surface area contributed by atoms with E-state index in [9.17, 15) is 9.90 Å². The molecule has 2 aliphatic carbocycles. The van der Waals surface area contributed by atoms with Crippen LogP contribution in [0, 0.1) is 23.2 Å². The number of allylic oxidation sites excluding steroid dienone is 1. The highest BCUT2D eigenvalue weighted by atomic mass is 16.6. The summed E-state index contributed by atoms with van der Waals surface area (Å²) in [6, 6.07) is 4.28. The number of fused-ring (bicyclic) bond motifs is 3. The molecule has 5 rings (SSSR count). The van der Waals surface area contributed by atoms with Crippen LogP contribution in [-0.2, 0) is 16.0 Å². The van der Waals surface area contributed by atoms with Crippen LogP contribution < -0.4 is 9.47 Å². The summed E-state index contributed by atoms with van der Waals surface area (Å²) in [5, 5.41) is 11.6. The van der Waals surface area contributed by atoms with Crippen LogP contribution in [0.15, 0.2) is 23.8 Å². The molecular formula is C27H37NO5. The Morgan fingerprint density at radius 3 is 2.67 bits per heavy atom. The Balaban J connectivity index is 1.40. The molecule has 2 heterocycles. The number of carbonyl (C=O) groups excluding carboxylic acids is 1. The Morgan fingerprint density at radius 2 is 1.94 bits per heavy atom. The SMILES string of the molecule is COc1cc2c(cc1OC)[C@H](C)N(C[C@@H]1C(=O)O[C@@H]3CC4=CCC[C@@H](C)[C@@]4(C)[C@H](O)[C@H]13)CC2. The van der Waals surface area contributed by atoms with Gasteiger partial charge in [0.1, 0.15) is 6.10 Å². The third-order valence-electron chi connectivity index (χ3n) is 9.31. The Kier molecular flexibility index (Phi) is 5.73. The summed E-state index contributed by atoms with van der Waals surface area (Å²) < 4.78 is 16.9. The lowest BCUT2D eigenvalue weighted by molar-refractivity contribution is -0.145. The monoisotopic (exact) mass is 455 g/mol. The number of ether oxygens (including phenoxy) is 3. The lowest BCUT2D eigenvalue weighted by atomic mass is 9.55. The van der Waals surface area contributed by atoms with Crippen molar-refractivity contribution in [3.63, 3.8) is 0 Å². The summed E-state index contributed by atoms with van der Waals surface area (Å²) in [6.45, 7) is 8.09. The van der Waals surface area contributed by atoms with Crippen molar-refractivity contribution < 1.29 is 24.1 Å². The Labute approximate surface area is 196 Å². The molecule has 4 aliphatic rings. The van der Waals surface area contributed by atoms with Gasteiger partial charge in [-0.1, -0.05) is 25.5 Å². The Hall–Kier alpha value is -2.05.